The van der Waals surface area contributed by atoms with Gasteiger partial charge in [0.15, 0.2) is 0 Å². The summed E-state index contributed by atoms with van der Waals surface area (Å²) in [6.45, 7) is 4.50. The average Bonchev–Trinajstić information content (AvgIpc) is 3.03. The lowest BCUT2D eigenvalue weighted by molar-refractivity contribution is -0.00115. The summed E-state index contributed by atoms with van der Waals surface area (Å²) in [5, 5.41) is 12.0. The molecule has 1 heterocycles. The number of hydrogen-bond donors (Lipinski definition) is 1. The Labute approximate surface area is 128 Å². The van der Waals surface area contributed by atoms with E-state index in [9.17, 15) is 5.11 Å². The Morgan fingerprint density at radius 1 is 1.19 bits per heavy atom. The van der Waals surface area contributed by atoms with Gasteiger partial charge in [0.05, 0.1) is 10.2 Å². The highest BCUT2D eigenvalue weighted by molar-refractivity contribution is 7.18. The van der Waals surface area contributed by atoms with Crippen LogP contribution >= 0.6 is 11.3 Å². The van der Waals surface area contributed by atoms with Crippen molar-refractivity contribution in [3.63, 3.8) is 0 Å². The van der Waals surface area contributed by atoms with Gasteiger partial charge in [0.25, 0.3) is 0 Å². The number of allylic oxidation sites excluding steroid dienone is 3. The summed E-state index contributed by atoms with van der Waals surface area (Å²) in [6, 6.07) is 8.12. The third kappa shape index (κ3) is 1.84. The molecule has 0 spiro atoms. The molecule has 0 aliphatic heterocycles. The minimum absolute atomic E-state index is 0.156. The Balaban J connectivity index is 1.73. The van der Waals surface area contributed by atoms with Crippen LogP contribution in [0.1, 0.15) is 38.1 Å². The Hall–Kier alpha value is -1.45. The zero-order valence-corrected chi connectivity index (χ0v) is 13.2. The number of fused-ring (bicyclic) bond motifs is 2. The van der Waals surface area contributed by atoms with Crippen LogP contribution in [0, 0.1) is 5.41 Å². The largest absolute Gasteiger partial charge is 0.382 e. The monoisotopic (exact) mass is 297 g/mol. The fourth-order valence-electron chi connectivity index (χ4n) is 3.57. The van der Waals surface area contributed by atoms with Gasteiger partial charge in [0, 0.05) is 11.8 Å². The quantitative estimate of drug-likeness (QED) is 0.837. The van der Waals surface area contributed by atoms with Crippen LogP contribution in [0.3, 0.4) is 0 Å². The minimum atomic E-state index is -0.798. The van der Waals surface area contributed by atoms with Crippen molar-refractivity contribution in [2.24, 2.45) is 5.41 Å². The highest BCUT2D eigenvalue weighted by atomic mass is 32.1. The molecule has 1 aromatic heterocycles. The molecular formula is C18H19NOS. The van der Waals surface area contributed by atoms with Gasteiger partial charge in [-0.15, -0.1) is 11.3 Å². The number of benzene rings is 1. The topological polar surface area (TPSA) is 33.1 Å². The van der Waals surface area contributed by atoms with E-state index < -0.39 is 5.60 Å². The maximum Gasteiger partial charge on any atom is 0.126 e. The summed E-state index contributed by atoms with van der Waals surface area (Å²) in [6.07, 6.45) is 6.89. The summed E-state index contributed by atoms with van der Waals surface area (Å²) in [4.78, 5) is 4.69. The van der Waals surface area contributed by atoms with E-state index in [1.165, 1.54) is 11.1 Å². The molecule has 2 aliphatic carbocycles. The van der Waals surface area contributed by atoms with E-state index >= 15 is 0 Å². The van der Waals surface area contributed by atoms with Gasteiger partial charge in [-0.05, 0) is 31.9 Å². The van der Waals surface area contributed by atoms with Crippen molar-refractivity contribution < 1.29 is 5.11 Å². The molecule has 2 atom stereocenters. The molecule has 0 radical (unpaired) electrons. The first-order chi connectivity index (χ1) is 10.0. The highest BCUT2D eigenvalue weighted by Gasteiger charge is 2.46. The van der Waals surface area contributed by atoms with Crippen LogP contribution in [0.4, 0.5) is 0 Å². The second-order valence-electron chi connectivity index (χ2n) is 6.57. The number of thiazole rings is 1. The van der Waals surface area contributed by atoms with E-state index in [0.717, 1.165) is 28.1 Å². The van der Waals surface area contributed by atoms with E-state index in [1.54, 1.807) is 11.3 Å². The Morgan fingerprint density at radius 2 is 2.00 bits per heavy atom. The lowest BCUT2D eigenvalue weighted by Crippen LogP contribution is -2.37. The van der Waals surface area contributed by atoms with Gasteiger partial charge in [-0.2, -0.15) is 0 Å². The zero-order chi connectivity index (χ0) is 14.7. The number of nitrogens with zero attached hydrogens (tertiary/aromatic N) is 1. The summed E-state index contributed by atoms with van der Waals surface area (Å²) in [7, 11) is 0. The van der Waals surface area contributed by atoms with Gasteiger partial charge < -0.3 is 5.11 Å². The Kier molecular flexibility index (Phi) is 2.69. The standard InChI is InChI=1S/C18H19NOS/c1-12-7-8-13-11-18(20,10-9-17(12,13)2)16-19-14-5-3-4-6-15(14)21-16/h3-8,20H,9-11H2,1-2H3/t17-,18-/m0/s1. The van der Waals surface area contributed by atoms with Gasteiger partial charge in [-0.25, -0.2) is 4.98 Å². The van der Waals surface area contributed by atoms with Crippen LogP contribution in [0.5, 0.6) is 0 Å². The molecule has 1 N–H and O–H groups in total. The van der Waals surface area contributed by atoms with Crippen LogP contribution in [0.15, 0.2) is 47.6 Å². The fraction of sp³-hybridized carbons (Fsp3) is 0.389. The van der Waals surface area contributed by atoms with Crippen LogP contribution in [0.2, 0.25) is 0 Å². The molecule has 0 amide bonds. The van der Waals surface area contributed by atoms with Gasteiger partial charge in [-0.1, -0.05) is 42.4 Å². The Bertz CT molecular complexity index is 754. The van der Waals surface area contributed by atoms with Crippen molar-refractivity contribution >= 4 is 21.6 Å². The first-order valence-electron chi connectivity index (χ1n) is 7.48. The molecule has 1 aromatic carbocycles. The normalized spacial score (nSPS) is 32.0. The van der Waals surface area contributed by atoms with Gasteiger partial charge in [0.2, 0.25) is 0 Å². The van der Waals surface area contributed by atoms with Crippen molar-refractivity contribution in [1.29, 1.82) is 0 Å². The molecule has 2 aliphatic rings. The van der Waals surface area contributed by atoms with Crippen molar-refractivity contribution in [1.82, 2.24) is 4.98 Å². The van der Waals surface area contributed by atoms with Crippen molar-refractivity contribution in [2.45, 2.75) is 38.7 Å². The summed E-state index contributed by atoms with van der Waals surface area (Å²) >= 11 is 1.63. The third-order valence-electron chi connectivity index (χ3n) is 5.33. The summed E-state index contributed by atoms with van der Waals surface area (Å²) < 4.78 is 1.16. The third-order valence-corrected chi connectivity index (χ3v) is 6.56. The van der Waals surface area contributed by atoms with Crippen LogP contribution in [0.25, 0.3) is 10.2 Å². The van der Waals surface area contributed by atoms with Crippen LogP contribution < -0.4 is 0 Å². The molecule has 2 aromatic rings. The number of hydrogen-bond acceptors (Lipinski definition) is 3. The molecule has 0 unspecified atom stereocenters. The second kappa shape index (κ2) is 4.28. The maximum absolute atomic E-state index is 11.2. The van der Waals surface area contributed by atoms with Crippen molar-refractivity contribution in [3.8, 4) is 0 Å². The summed E-state index contributed by atoms with van der Waals surface area (Å²) in [5.74, 6) is 0. The molecule has 21 heavy (non-hydrogen) atoms. The van der Waals surface area contributed by atoms with Gasteiger partial charge >= 0.3 is 0 Å². The lowest BCUT2D eigenvalue weighted by atomic mass is 9.65. The smallest absolute Gasteiger partial charge is 0.126 e. The number of para-hydroxylation sites is 1. The van der Waals surface area contributed by atoms with E-state index in [4.69, 9.17) is 0 Å². The predicted octanol–water partition coefficient (Wildman–Crippen LogP) is 4.56. The molecule has 1 saturated carbocycles. The average molecular weight is 297 g/mol. The molecule has 1 fully saturated rings. The molecule has 4 rings (SSSR count). The van der Waals surface area contributed by atoms with Crippen molar-refractivity contribution in [3.05, 3.63) is 52.6 Å². The fourth-order valence-corrected chi connectivity index (χ4v) is 4.65. The first kappa shape index (κ1) is 13.2. The Morgan fingerprint density at radius 3 is 2.81 bits per heavy atom. The number of aromatic nitrogens is 1. The molecule has 2 nitrogen and oxygen atoms in total. The van der Waals surface area contributed by atoms with E-state index in [1.807, 2.05) is 18.2 Å². The lowest BCUT2D eigenvalue weighted by Gasteiger charge is -2.42. The molecule has 0 bridgehead atoms. The predicted molar refractivity (Wildman–Crippen MR) is 87.3 cm³/mol. The van der Waals surface area contributed by atoms with Gasteiger partial charge in [-0.3, -0.25) is 0 Å². The number of aliphatic hydroxyl groups is 1. The highest BCUT2D eigenvalue weighted by Crippen LogP contribution is 2.55. The SMILES string of the molecule is CC1=CC=C2C[C@](O)(c3nc4ccccc4s3)CC[C@@]12C. The number of rotatable bonds is 1. The van der Waals surface area contributed by atoms with Gasteiger partial charge in [0.1, 0.15) is 10.6 Å². The minimum Gasteiger partial charge on any atom is -0.382 e. The summed E-state index contributed by atoms with van der Waals surface area (Å²) in [5.41, 5.74) is 3.13. The van der Waals surface area contributed by atoms with E-state index in [0.29, 0.717) is 6.42 Å². The van der Waals surface area contributed by atoms with Crippen LogP contribution in [-0.4, -0.2) is 10.1 Å². The zero-order valence-electron chi connectivity index (χ0n) is 12.4. The second-order valence-corrected chi connectivity index (χ2v) is 7.60. The molecule has 3 heteroatoms. The van der Waals surface area contributed by atoms with Crippen LogP contribution in [-0.2, 0) is 5.60 Å². The van der Waals surface area contributed by atoms with E-state index in [2.05, 4.69) is 37.0 Å². The maximum atomic E-state index is 11.2. The van der Waals surface area contributed by atoms with Crippen molar-refractivity contribution in [2.75, 3.05) is 0 Å². The first-order valence-corrected chi connectivity index (χ1v) is 8.30. The molecule has 0 saturated heterocycles. The molecule has 108 valence electrons. The van der Waals surface area contributed by atoms with E-state index in [-0.39, 0.29) is 5.41 Å². The molecular weight excluding hydrogens is 278 g/mol.